The maximum Gasteiger partial charge on any atom is 0.251 e. The van der Waals surface area contributed by atoms with Crippen LogP contribution in [0.3, 0.4) is 0 Å². The molecule has 0 bridgehead atoms. The topological polar surface area (TPSA) is 49.4 Å². The summed E-state index contributed by atoms with van der Waals surface area (Å²) < 4.78 is 0. The van der Waals surface area contributed by atoms with Crippen molar-refractivity contribution < 1.29 is 9.59 Å². The Hall–Kier alpha value is -2.62. The first kappa shape index (κ1) is 19.2. The number of nitrogens with one attached hydrogen (secondary N) is 1. The van der Waals surface area contributed by atoms with Gasteiger partial charge in [-0.1, -0.05) is 37.3 Å². The number of aryl methyl sites for hydroxylation is 2. The van der Waals surface area contributed by atoms with E-state index >= 15 is 0 Å². The maximum absolute atomic E-state index is 12.7. The minimum Gasteiger partial charge on any atom is -0.345 e. The van der Waals surface area contributed by atoms with Gasteiger partial charge in [-0.15, -0.1) is 0 Å². The molecular formula is C23H28N2O2. The number of hydrogen-bond acceptors (Lipinski definition) is 2. The third-order valence-electron chi connectivity index (χ3n) is 5.41. The lowest BCUT2D eigenvalue weighted by Gasteiger charge is -2.19. The lowest BCUT2D eigenvalue weighted by Crippen LogP contribution is -2.28. The Morgan fingerprint density at radius 1 is 1.11 bits per heavy atom. The van der Waals surface area contributed by atoms with E-state index in [0.717, 1.165) is 30.5 Å². The molecule has 0 unspecified atom stereocenters. The van der Waals surface area contributed by atoms with Crippen LogP contribution in [-0.4, -0.2) is 23.3 Å². The summed E-state index contributed by atoms with van der Waals surface area (Å²) in [5, 5.41) is 3.14. The molecule has 4 heteroatoms. The van der Waals surface area contributed by atoms with Crippen molar-refractivity contribution in [2.45, 2.75) is 52.6 Å². The molecule has 1 heterocycles. The monoisotopic (exact) mass is 364 g/mol. The van der Waals surface area contributed by atoms with Crippen molar-refractivity contribution in [3.05, 3.63) is 70.3 Å². The van der Waals surface area contributed by atoms with Gasteiger partial charge in [0, 0.05) is 25.1 Å². The fourth-order valence-corrected chi connectivity index (χ4v) is 3.50. The Labute approximate surface area is 161 Å². The molecule has 1 aliphatic heterocycles. The second kappa shape index (κ2) is 8.38. The van der Waals surface area contributed by atoms with E-state index in [1.165, 1.54) is 11.1 Å². The van der Waals surface area contributed by atoms with Gasteiger partial charge in [0.2, 0.25) is 5.91 Å². The van der Waals surface area contributed by atoms with Crippen LogP contribution in [0.4, 0.5) is 0 Å². The van der Waals surface area contributed by atoms with Gasteiger partial charge in [-0.25, -0.2) is 0 Å². The normalized spacial score (nSPS) is 15.1. The summed E-state index contributed by atoms with van der Waals surface area (Å²) in [6.45, 7) is 7.72. The van der Waals surface area contributed by atoms with Gasteiger partial charge in [0.25, 0.3) is 5.91 Å². The molecule has 0 aliphatic carbocycles. The largest absolute Gasteiger partial charge is 0.345 e. The van der Waals surface area contributed by atoms with Gasteiger partial charge in [0.15, 0.2) is 0 Å². The Morgan fingerprint density at radius 3 is 2.44 bits per heavy atom. The zero-order valence-corrected chi connectivity index (χ0v) is 16.4. The van der Waals surface area contributed by atoms with Crippen molar-refractivity contribution in [3.63, 3.8) is 0 Å². The number of hydrogen-bond donors (Lipinski definition) is 1. The van der Waals surface area contributed by atoms with Crippen LogP contribution in [0.2, 0.25) is 0 Å². The number of benzene rings is 2. The zero-order chi connectivity index (χ0) is 19.4. The van der Waals surface area contributed by atoms with Gasteiger partial charge in [-0.2, -0.15) is 0 Å². The van der Waals surface area contributed by atoms with Crippen LogP contribution in [0.1, 0.15) is 64.8 Å². The van der Waals surface area contributed by atoms with Gasteiger partial charge >= 0.3 is 0 Å². The SMILES string of the molecule is CC[C@@H](NC(=O)c1ccc(CN2CCCC2=O)cc1)c1ccc(C)c(C)c1. The van der Waals surface area contributed by atoms with E-state index in [9.17, 15) is 9.59 Å². The van der Waals surface area contributed by atoms with E-state index in [1.54, 1.807) is 0 Å². The zero-order valence-electron chi connectivity index (χ0n) is 16.4. The Balaban J connectivity index is 1.65. The fraction of sp³-hybridized carbons (Fsp3) is 0.391. The molecule has 1 fully saturated rings. The van der Waals surface area contributed by atoms with Crippen molar-refractivity contribution in [1.29, 1.82) is 0 Å². The summed E-state index contributed by atoms with van der Waals surface area (Å²) in [4.78, 5) is 26.3. The second-order valence-electron chi connectivity index (χ2n) is 7.39. The highest BCUT2D eigenvalue weighted by molar-refractivity contribution is 5.94. The Bertz CT molecular complexity index is 827. The highest BCUT2D eigenvalue weighted by atomic mass is 16.2. The summed E-state index contributed by atoms with van der Waals surface area (Å²) in [7, 11) is 0. The minimum atomic E-state index is -0.0659. The first-order chi connectivity index (χ1) is 13.0. The molecule has 0 radical (unpaired) electrons. The van der Waals surface area contributed by atoms with Crippen molar-refractivity contribution in [3.8, 4) is 0 Å². The predicted molar refractivity (Wildman–Crippen MR) is 108 cm³/mol. The molecule has 2 aromatic rings. The van der Waals surface area contributed by atoms with Crippen molar-refractivity contribution in [2.24, 2.45) is 0 Å². The molecule has 0 saturated carbocycles. The molecule has 1 atom stereocenters. The molecule has 0 aromatic heterocycles. The fourth-order valence-electron chi connectivity index (χ4n) is 3.50. The number of amides is 2. The Kier molecular flexibility index (Phi) is 5.94. The van der Waals surface area contributed by atoms with Crippen LogP contribution < -0.4 is 5.32 Å². The molecule has 2 amide bonds. The Morgan fingerprint density at radius 2 is 1.85 bits per heavy atom. The summed E-state index contributed by atoms with van der Waals surface area (Å²) >= 11 is 0. The number of carbonyl (C=O) groups excluding carboxylic acids is 2. The third kappa shape index (κ3) is 4.57. The standard InChI is InChI=1S/C23H28N2O2/c1-4-21(20-10-7-16(2)17(3)14-20)24-23(27)19-11-8-18(9-12-19)15-25-13-5-6-22(25)26/h7-12,14,21H,4-6,13,15H2,1-3H3,(H,24,27)/t21-/m1/s1. The molecular weight excluding hydrogens is 336 g/mol. The van der Waals surface area contributed by atoms with E-state index in [-0.39, 0.29) is 17.9 Å². The van der Waals surface area contributed by atoms with Gasteiger partial charge in [-0.05, 0) is 61.1 Å². The first-order valence-electron chi connectivity index (χ1n) is 9.72. The summed E-state index contributed by atoms with van der Waals surface area (Å²) in [6.07, 6.45) is 2.43. The number of nitrogens with zero attached hydrogens (tertiary/aromatic N) is 1. The molecule has 0 spiro atoms. The molecule has 3 rings (SSSR count). The lowest BCUT2D eigenvalue weighted by atomic mass is 9.99. The van der Waals surface area contributed by atoms with E-state index in [2.05, 4.69) is 44.3 Å². The third-order valence-corrected chi connectivity index (χ3v) is 5.41. The highest BCUT2D eigenvalue weighted by Gasteiger charge is 2.20. The van der Waals surface area contributed by atoms with Crippen molar-refractivity contribution >= 4 is 11.8 Å². The van der Waals surface area contributed by atoms with Crippen LogP contribution in [0.25, 0.3) is 0 Å². The highest BCUT2D eigenvalue weighted by Crippen LogP contribution is 2.21. The number of rotatable bonds is 6. The minimum absolute atomic E-state index is 0.00121. The predicted octanol–water partition coefficient (Wildman–Crippen LogP) is 4.31. The number of likely N-dealkylation sites (tertiary alicyclic amines) is 1. The molecule has 2 aromatic carbocycles. The van der Waals surface area contributed by atoms with Crippen LogP contribution in [0, 0.1) is 13.8 Å². The molecule has 27 heavy (non-hydrogen) atoms. The van der Waals surface area contributed by atoms with Crippen LogP contribution in [0.15, 0.2) is 42.5 Å². The van der Waals surface area contributed by atoms with Gasteiger partial charge < -0.3 is 10.2 Å². The molecule has 1 aliphatic rings. The van der Waals surface area contributed by atoms with Gasteiger partial charge in [-0.3, -0.25) is 9.59 Å². The number of carbonyl (C=O) groups is 2. The average molecular weight is 364 g/mol. The molecule has 1 saturated heterocycles. The summed E-state index contributed by atoms with van der Waals surface area (Å²) in [5.41, 5.74) is 5.34. The second-order valence-corrected chi connectivity index (χ2v) is 7.39. The quantitative estimate of drug-likeness (QED) is 0.830. The molecule has 142 valence electrons. The van der Waals surface area contributed by atoms with E-state index in [0.29, 0.717) is 18.5 Å². The smallest absolute Gasteiger partial charge is 0.251 e. The van der Waals surface area contributed by atoms with E-state index in [4.69, 9.17) is 0 Å². The van der Waals surface area contributed by atoms with Gasteiger partial charge in [0.05, 0.1) is 6.04 Å². The van der Waals surface area contributed by atoms with Crippen LogP contribution in [-0.2, 0) is 11.3 Å². The first-order valence-corrected chi connectivity index (χ1v) is 9.72. The van der Waals surface area contributed by atoms with E-state index < -0.39 is 0 Å². The lowest BCUT2D eigenvalue weighted by molar-refractivity contribution is -0.128. The average Bonchev–Trinajstić information content (AvgIpc) is 3.07. The molecule has 4 nitrogen and oxygen atoms in total. The van der Waals surface area contributed by atoms with Gasteiger partial charge in [0.1, 0.15) is 0 Å². The van der Waals surface area contributed by atoms with Crippen LogP contribution in [0.5, 0.6) is 0 Å². The van der Waals surface area contributed by atoms with E-state index in [1.807, 2.05) is 29.2 Å². The molecule has 1 N–H and O–H groups in total. The van der Waals surface area contributed by atoms with Crippen molar-refractivity contribution in [1.82, 2.24) is 10.2 Å². The maximum atomic E-state index is 12.7. The van der Waals surface area contributed by atoms with Crippen LogP contribution >= 0.6 is 0 Å². The summed E-state index contributed by atoms with van der Waals surface area (Å²) in [6, 6.07) is 13.9. The van der Waals surface area contributed by atoms with Crippen molar-refractivity contribution in [2.75, 3.05) is 6.54 Å². The summed E-state index contributed by atoms with van der Waals surface area (Å²) in [5.74, 6) is 0.153.